The van der Waals surface area contributed by atoms with Gasteiger partial charge in [-0.3, -0.25) is 4.79 Å². The average molecular weight is 415 g/mol. The van der Waals surface area contributed by atoms with Gasteiger partial charge in [0.05, 0.1) is 6.61 Å². The maximum Gasteiger partial charge on any atom is 0.255 e. The first-order valence-electron chi connectivity index (χ1n) is 10.5. The summed E-state index contributed by atoms with van der Waals surface area (Å²) < 4.78 is 11.5. The number of carbonyl (C=O) groups is 1. The number of rotatable bonds is 7. The molecule has 0 saturated carbocycles. The van der Waals surface area contributed by atoms with Gasteiger partial charge in [0, 0.05) is 17.7 Å². The predicted octanol–water partition coefficient (Wildman–Crippen LogP) is 6.08. The molecule has 4 rings (SSSR count). The van der Waals surface area contributed by atoms with E-state index in [4.69, 9.17) is 9.15 Å². The van der Waals surface area contributed by atoms with Crippen molar-refractivity contribution in [2.24, 2.45) is 0 Å². The standard InChI is InChI=1S/C26H26N2O3/c1-4-13-30-22-11-7-20(8-12-22)26(29)27-21-9-5-19(6-10-21)16-25-28-23-14-17(2)18(3)15-24(23)31-25/h5-12,14-15H,4,13,16H2,1-3H3,(H,27,29). The van der Waals surface area contributed by atoms with E-state index >= 15 is 0 Å². The molecule has 0 atom stereocenters. The van der Waals surface area contributed by atoms with Crippen molar-refractivity contribution in [1.29, 1.82) is 0 Å². The third kappa shape index (κ3) is 4.94. The lowest BCUT2D eigenvalue weighted by Gasteiger charge is -2.08. The maximum atomic E-state index is 12.5. The Bertz CT molecular complexity index is 1150. The minimum Gasteiger partial charge on any atom is -0.494 e. The number of benzene rings is 3. The number of amides is 1. The van der Waals surface area contributed by atoms with Gasteiger partial charge < -0.3 is 14.5 Å². The first kappa shape index (κ1) is 20.7. The van der Waals surface area contributed by atoms with Gasteiger partial charge in [0.15, 0.2) is 11.5 Å². The largest absolute Gasteiger partial charge is 0.494 e. The molecule has 0 aliphatic rings. The van der Waals surface area contributed by atoms with E-state index in [-0.39, 0.29) is 5.91 Å². The van der Waals surface area contributed by atoms with Gasteiger partial charge in [-0.15, -0.1) is 0 Å². The smallest absolute Gasteiger partial charge is 0.255 e. The lowest BCUT2D eigenvalue weighted by atomic mass is 10.1. The number of nitrogens with zero attached hydrogens (tertiary/aromatic N) is 1. The number of fused-ring (bicyclic) bond motifs is 1. The predicted molar refractivity (Wildman–Crippen MR) is 123 cm³/mol. The third-order valence-corrected chi connectivity index (χ3v) is 5.20. The van der Waals surface area contributed by atoms with Crippen molar-refractivity contribution in [3.8, 4) is 5.75 Å². The van der Waals surface area contributed by atoms with E-state index in [1.165, 1.54) is 11.1 Å². The Balaban J connectivity index is 1.39. The van der Waals surface area contributed by atoms with E-state index < -0.39 is 0 Å². The number of nitrogens with one attached hydrogen (secondary N) is 1. The van der Waals surface area contributed by atoms with Crippen LogP contribution in [0.15, 0.2) is 65.1 Å². The van der Waals surface area contributed by atoms with Crippen LogP contribution in [0.3, 0.4) is 0 Å². The normalized spacial score (nSPS) is 10.9. The number of oxazole rings is 1. The topological polar surface area (TPSA) is 64.4 Å². The fourth-order valence-corrected chi connectivity index (χ4v) is 3.31. The van der Waals surface area contributed by atoms with Gasteiger partial charge in [0.1, 0.15) is 11.3 Å². The van der Waals surface area contributed by atoms with Gasteiger partial charge in [-0.2, -0.15) is 0 Å². The van der Waals surface area contributed by atoms with Gasteiger partial charge >= 0.3 is 0 Å². The first-order valence-corrected chi connectivity index (χ1v) is 10.5. The van der Waals surface area contributed by atoms with E-state index in [0.29, 0.717) is 24.5 Å². The molecule has 0 fully saturated rings. The van der Waals surface area contributed by atoms with E-state index in [1.807, 2.05) is 42.5 Å². The molecule has 0 aliphatic carbocycles. The lowest BCUT2D eigenvalue weighted by molar-refractivity contribution is 0.102. The molecule has 4 aromatic rings. The van der Waals surface area contributed by atoms with E-state index in [2.05, 4.69) is 37.1 Å². The fourth-order valence-electron chi connectivity index (χ4n) is 3.31. The van der Waals surface area contributed by atoms with Crippen LogP contribution in [0.1, 0.15) is 46.3 Å². The zero-order valence-electron chi connectivity index (χ0n) is 18.1. The summed E-state index contributed by atoms with van der Waals surface area (Å²) in [6.45, 7) is 6.87. The monoisotopic (exact) mass is 414 g/mol. The summed E-state index contributed by atoms with van der Waals surface area (Å²) in [5.41, 5.74) is 6.49. The molecule has 0 bridgehead atoms. The zero-order valence-corrected chi connectivity index (χ0v) is 18.1. The highest BCUT2D eigenvalue weighted by atomic mass is 16.5. The summed E-state index contributed by atoms with van der Waals surface area (Å²) in [4.78, 5) is 17.1. The summed E-state index contributed by atoms with van der Waals surface area (Å²) in [5, 5.41) is 2.93. The van der Waals surface area contributed by atoms with Crippen molar-refractivity contribution in [2.45, 2.75) is 33.6 Å². The van der Waals surface area contributed by atoms with Crippen LogP contribution in [0, 0.1) is 13.8 Å². The molecule has 0 aliphatic heterocycles. The highest BCUT2D eigenvalue weighted by Crippen LogP contribution is 2.22. The van der Waals surface area contributed by atoms with E-state index in [9.17, 15) is 4.79 Å². The third-order valence-electron chi connectivity index (χ3n) is 5.20. The molecule has 3 aromatic carbocycles. The fraction of sp³-hybridized carbons (Fsp3) is 0.231. The average Bonchev–Trinajstić information content (AvgIpc) is 3.15. The molecule has 0 unspecified atom stereocenters. The SMILES string of the molecule is CCCOc1ccc(C(=O)Nc2ccc(Cc3nc4cc(C)c(C)cc4o3)cc2)cc1. The van der Waals surface area contributed by atoms with E-state index in [1.54, 1.807) is 12.1 Å². The van der Waals surface area contributed by atoms with Crippen LogP contribution in [0.2, 0.25) is 0 Å². The second-order valence-corrected chi connectivity index (χ2v) is 7.71. The summed E-state index contributed by atoms with van der Waals surface area (Å²) in [5.74, 6) is 1.30. The number of aromatic nitrogens is 1. The van der Waals surface area contributed by atoms with Crippen LogP contribution >= 0.6 is 0 Å². The Morgan fingerprint density at radius 2 is 1.71 bits per heavy atom. The number of aryl methyl sites for hydroxylation is 2. The molecular formula is C26H26N2O3. The molecule has 0 saturated heterocycles. The van der Waals surface area contributed by atoms with Crippen LogP contribution in [-0.2, 0) is 6.42 Å². The van der Waals surface area contributed by atoms with Crippen molar-refractivity contribution in [1.82, 2.24) is 4.98 Å². The Morgan fingerprint density at radius 3 is 2.42 bits per heavy atom. The Labute approximate surface area is 182 Å². The number of hydrogen-bond acceptors (Lipinski definition) is 4. The molecule has 5 nitrogen and oxygen atoms in total. The molecule has 0 spiro atoms. The number of anilines is 1. The van der Waals surface area contributed by atoms with Gasteiger partial charge in [-0.1, -0.05) is 19.1 Å². The molecule has 158 valence electrons. The summed E-state index contributed by atoms with van der Waals surface area (Å²) in [7, 11) is 0. The molecular weight excluding hydrogens is 388 g/mol. The second kappa shape index (κ2) is 9.04. The molecule has 1 N–H and O–H groups in total. The minimum atomic E-state index is -0.153. The zero-order chi connectivity index (χ0) is 21.8. The quantitative estimate of drug-likeness (QED) is 0.398. The Morgan fingerprint density at radius 1 is 1.00 bits per heavy atom. The van der Waals surface area contributed by atoms with Crippen molar-refractivity contribution in [2.75, 3.05) is 11.9 Å². The van der Waals surface area contributed by atoms with Crippen molar-refractivity contribution < 1.29 is 13.9 Å². The number of ether oxygens (including phenoxy) is 1. The lowest BCUT2D eigenvalue weighted by Crippen LogP contribution is -2.11. The molecule has 5 heteroatoms. The van der Waals surface area contributed by atoms with E-state index in [0.717, 1.165) is 34.5 Å². The summed E-state index contributed by atoms with van der Waals surface area (Å²) >= 11 is 0. The van der Waals surface area contributed by atoms with Crippen molar-refractivity contribution in [3.05, 3.63) is 88.8 Å². The van der Waals surface area contributed by atoms with Gasteiger partial charge in [-0.05, 0) is 85.5 Å². The number of carbonyl (C=O) groups excluding carboxylic acids is 1. The molecule has 1 heterocycles. The highest BCUT2D eigenvalue weighted by molar-refractivity contribution is 6.04. The van der Waals surface area contributed by atoms with Crippen LogP contribution in [0.4, 0.5) is 5.69 Å². The molecule has 1 aromatic heterocycles. The van der Waals surface area contributed by atoms with Crippen LogP contribution in [-0.4, -0.2) is 17.5 Å². The van der Waals surface area contributed by atoms with Crippen LogP contribution in [0.5, 0.6) is 5.75 Å². The Hall–Kier alpha value is -3.60. The molecule has 0 radical (unpaired) electrons. The molecule has 31 heavy (non-hydrogen) atoms. The van der Waals surface area contributed by atoms with Gasteiger partial charge in [-0.25, -0.2) is 4.98 Å². The minimum absolute atomic E-state index is 0.153. The summed E-state index contributed by atoms with van der Waals surface area (Å²) in [6.07, 6.45) is 1.55. The summed E-state index contributed by atoms with van der Waals surface area (Å²) in [6, 6.07) is 19.0. The maximum absolute atomic E-state index is 12.5. The molecule has 1 amide bonds. The second-order valence-electron chi connectivity index (χ2n) is 7.71. The first-order chi connectivity index (χ1) is 15.0. The number of hydrogen-bond donors (Lipinski definition) is 1. The Kier molecular flexibility index (Phi) is 6.03. The van der Waals surface area contributed by atoms with Crippen molar-refractivity contribution >= 4 is 22.7 Å². The van der Waals surface area contributed by atoms with Crippen LogP contribution < -0.4 is 10.1 Å². The highest BCUT2D eigenvalue weighted by Gasteiger charge is 2.10. The van der Waals surface area contributed by atoms with Crippen LogP contribution in [0.25, 0.3) is 11.1 Å². The van der Waals surface area contributed by atoms with Gasteiger partial charge in [0.2, 0.25) is 0 Å². The van der Waals surface area contributed by atoms with Gasteiger partial charge in [0.25, 0.3) is 5.91 Å². The van der Waals surface area contributed by atoms with Crippen molar-refractivity contribution in [3.63, 3.8) is 0 Å².